The second-order valence-corrected chi connectivity index (χ2v) is 5.85. The topological polar surface area (TPSA) is 98.5 Å². The summed E-state index contributed by atoms with van der Waals surface area (Å²) in [6, 6.07) is 6.40. The minimum absolute atomic E-state index is 0.113. The van der Waals surface area contributed by atoms with Crippen LogP contribution >= 0.6 is 11.3 Å². The lowest BCUT2D eigenvalue weighted by molar-refractivity contribution is -0.384. The van der Waals surface area contributed by atoms with Crippen molar-refractivity contribution in [2.45, 2.75) is 19.8 Å². The van der Waals surface area contributed by atoms with E-state index < -0.39 is 23.4 Å². The highest BCUT2D eigenvalue weighted by Gasteiger charge is 2.18. The molecule has 0 atom stereocenters. The number of nitro groups is 1. The van der Waals surface area contributed by atoms with E-state index in [0.717, 1.165) is 5.56 Å². The van der Waals surface area contributed by atoms with Crippen molar-refractivity contribution >= 4 is 34.6 Å². The van der Waals surface area contributed by atoms with Gasteiger partial charge in [-0.3, -0.25) is 19.7 Å². The van der Waals surface area contributed by atoms with E-state index >= 15 is 0 Å². The van der Waals surface area contributed by atoms with Crippen LogP contribution in [0.4, 0.5) is 11.4 Å². The van der Waals surface area contributed by atoms with Crippen LogP contribution in [0.5, 0.6) is 0 Å². The Morgan fingerprint density at radius 1 is 1.33 bits per heavy atom. The maximum absolute atomic E-state index is 11.9. The Bertz CT molecular complexity index is 743. The highest BCUT2D eigenvalue weighted by Crippen LogP contribution is 2.27. The summed E-state index contributed by atoms with van der Waals surface area (Å²) in [6.07, 6.45) is 0.724. The van der Waals surface area contributed by atoms with Crippen molar-refractivity contribution in [2.24, 2.45) is 0 Å². The molecule has 0 radical (unpaired) electrons. The van der Waals surface area contributed by atoms with Crippen molar-refractivity contribution in [3.8, 4) is 0 Å². The number of amides is 1. The van der Waals surface area contributed by atoms with Crippen molar-refractivity contribution in [2.75, 3.05) is 11.9 Å². The fraction of sp³-hybridized carbons (Fsp3) is 0.250. The summed E-state index contributed by atoms with van der Waals surface area (Å²) >= 11 is 1.54. The Morgan fingerprint density at radius 3 is 2.79 bits per heavy atom. The number of esters is 1. The molecule has 0 saturated heterocycles. The molecular weight excluding hydrogens is 332 g/mol. The normalized spacial score (nSPS) is 10.2. The van der Waals surface area contributed by atoms with E-state index in [1.807, 2.05) is 16.8 Å². The van der Waals surface area contributed by atoms with Gasteiger partial charge in [-0.1, -0.05) is 12.1 Å². The number of para-hydroxylation sites is 1. The molecule has 1 aromatic heterocycles. The monoisotopic (exact) mass is 348 g/mol. The third-order valence-electron chi connectivity index (χ3n) is 3.27. The molecule has 24 heavy (non-hydrogen) atoms. The molecule has 1 aromatic carbocycles. The molecule has 126 valence electrons. The Morgan fingerprint density at radius 2 is 2.12 bits per heavy atom. The highest BCUT2D eigenvalue weighted by atomic mass is 32.1. The zero-order valence-corrected chi connectivity index (χ0v) is 13.8. The Labute approximate surface area is 142 Å². The number of aryl methyl sites for hydroxylation is 2. The average Bonchev–Trinajstić information content (AvgIpc) is 3.06. The molecule has 1 heterocycles. The molecule has 0 aliphatic rings. The first-order chi connectivity index (χ1) is 11.5. The number of anilines is 1. The van der Waals surface area contributed by atoms with Gasteiger partial charge in [0.15, 0.2) is 6.61 Å². The number of nitrogens with one attached hydrogen (secondary N) is 1. The summed E-state index contributed by atoms with van der Waals surface area (Å²) in [5.41, 5.74) is 1.51. The van der Waals surface area contributed by atoms with E-state index in [4.69, 9.17) is 4.74 Å². The first-order valence-corrected chi connectivity index (χ1v) is 8.12. The number of rotatable bonds is 7. The summed E-state index contributed by atoms with van der Waals surface area (Å²) < 4.78 is 4.90. The van der Waals surface area contributed by atoms with Gasteiger partial charge in [0.05, 0.1) is 4.92 Å². The molecule has 0 fully saturated rings. The first-order valence-electron chi connectivity index (χ1n) is 7.18. The summed E-state index contributed by atoms with van der Waals surface area (Å²) in [5.74, 6) is -1.10. The second kappa shape index (κ2) is 8.21. The quantitative estimate of drug-likeness (QED) is 0.471. The lowest BCUT2D eigenvalue weighted by atomic mass is 10.1. The lowest BCUT2D eigenvalue weighted by Gasteiger charge is -2.09. The number of carbonyl (C=O) groups is 2. The summed E-state index contributed by atoms with van der Waals surface area (Å²) in [6.45, 7) is 1.17. The first kappa shape index (κ1) is 17.6. The smallest absolute Gasteiger partial charge is 0.306 e. The minimum Gasteiger partial charge on any atom is -0.456 e. The molecule has 1 amide bonds. The second-order valence-electron chi connectivity index (χ2n) is 5.07. The molecule has 0 aliphatic heterocycles. The number of nitrogens with zero attached hydrogens (tertiary/aromatic N) is 1. The zero-order valence-electron chi connectivity index (χ0n) is 13.0. The number of benzene rings is 1. The third kappa shape index (κ3) is 4.88. The Kier molecular flexibility index (Phi) is 6.02. The average molecular weight is 348 g/mol. The van der Waals surface area contributed by atoms with E-state index in [1.165, 1.54) is 12.1 Å². The van der Waals surface area contributed by atoms with Crippen molar-refractivity contribution < 1.29 is 19.2 Å². The SMILES string of the molecule is Cc1cccc([N+](=O)[O-])c1NC(=O)COC(=O)CCc1ccsc1. The van der Waals surface area contributed by atoms with Crippen molar-refractivity contribution in [1.82, 2.24) is 0 Å². The van der Waals surface area contributed by atoms with E-state index in [2.05, 4.69) is 5.32 Å². The number of carbonyl (C=O) groups excluding carboxylic acids is 2. The fourth-order valence-corrected chi connectivity index (χ4v) is 2.75. The molecule has 0 bridgehead atoms. The molecule has 8 heteroatoms. The molecule has 2 aromatic rings. The molecule has 7 nitrogen and oxygen atoms in total. The van der Waals surface area contributed by atoms with Crippen LogP contribution in [-0.2, 0) is 20.7 Å². The number of nitro benzene ring substituents is 1. The predicted octanol–water partition coefficient (Wildman–Crippen LogP) is 3.08. The molecule has 0 saturated carbocycles. The van der Waals surface area contributed by atoms with Gasteiger partial charge in [-0.25, -0.2) is 0 Å². The van der Waals surface area contributed by atoms with E-state index in [-0.39, 0.29) is 17.8 Å². The van der Waals surface area contributed by atoms with Crippen LogP contribution in [0.15, 0.2) is 35.0 Å². The lowest BCUT2D eigenvalue weighted by Crippen LogP contribution is -2.22. The fourth-order valence-electron chi connectivity index (χ4n) is 2.04. The van der Waals surface area contributed by atoms with E-state index in [1.54, 1.807) is 24.3 Å². The maximum Gasteiger partial charge on any atom is 0.306 e. The van der Waals surface area contributed by atoms with Gasteiger partial charge in [0.1, 0.15) is 5.69 Å². The molecular formula is C16H16N2O5S. The predicted molar refractivity (Wildman–Crippen MR) is 90.1 cm³/mol. The van der Waals surface area contributed by atoms with Crippen LogP contribution in [0.3, 0.4) is 0 Å². The minimum atomic E-state index is -0.615. The summed E-state index contributed by atoms with van der Waals surface area (Å²) in [7, 11) is 0. The van der Waals surface area contributed by atoms with Gasteiger partial charge in [0.25, 0.3) is 11.6 Å². The van der Waals surface area contributed by atoms with Crippen LogP contribution in [0, 0.1) is 17.0 Å². The molecule has 0 unspecified atom stereocenters. The molecule has 0 spiro atoms. The van der Waals surface area contributed by atoms with Crippen molar-refractivity contribution in [3.05, 3.63) is 56.3 Å². The molecule has 0 aliphatic carbocycles. The van der Waals surface area contributed by atoms with E-state index in [0.29, 0.717) is 12.0 Å². The Hall–Kier alpha value is -2.74. The van der Waals surface area contributed by atoms with Crippen LogP contribution in [0.1, 0.15) is 17.5 Å². The number of hydrogen-bond acceptors (Lipinski definition) is 6. The number of thiophene rings is 1. The molecule has 2 rings (SSSR count). The summed E-state index contributed by atoms with van der Waals surface area (Å²) in [4.78, 5) is 33.9. The van der Waals surface area contributed by atoms with Crippen LogP contribution in [-0.4, -0.2) is 23.4 Å². The van der Waals surface area contributed by atoms with Gasteiger partial charge >= 0.3 is 5.97 Å². The van der Waals surface area contributed by atoms with Gasteiger partial charge in [-0.2, -0.15) is 11.3 Å². The standard InChI is InChI=1S/C16H16N2O5S/c1-11-3-2-4-13(18(21)22)16(11)17-14(19)9-23-15(20)6-5-12-7-8-24-10-12/h2-4,7-8,10H,5-6,9H2,1H3,(H,17,19). The highest BCUT2D eigenvalue weighted by molar-refractivity contribution is 7.07. The zero-order chi connectivity index (χ0) is 17.5. The summed E-state index contributed by atoms with van der Waals surface area (Å²) in [5, 5.41) is 17.3. The number of hydrogen-bond donors (Lipinski definition) is 1. The van der Waals surface area contributed by atoms with E-state index in [9.17, 15) is 19.7 Å². The number of ether oxygens (including phenoxy) is 1. The molecule has 1 N–H and O–H groups in total. The van der Waals surface area contributed by atoms with Gasteiger partial charge in [-0.15, -0.1) is 0 Å². The maximum atomic E-state index is 11.9. The van der Waals surface area contributed by atoms with Gasteiger partial charge < -0.3 is 10.1 Å². The van der Waals surface area contributed by atoms with Crippen LogP contribution in [0.25, 0.3) is 0 Å². The van der Waals surface area contributed by atoms with Gasteiger partial charge in [-0.05, 0) is 41.3 Å². The van der Waals surface area contributed by atoms with Gasteiger partial charge in [0.2, 0.25) is 0 Å². The Balaban J connectivity index is 1.85. The van der Waals surface area contributed by atoms with Gasteiger partial charge in [0, 0.05) is 12.5 Å². The van der Waals surface area contributed by atoms with Crippen LogP contribution < -0.4 is 5.32 Å². The van der Waals surface area contributed by atoms with Crippen molar-refractivity contribution in [1.29, 1.82) is 0 Å². The van der Waals surface area contributed by atoms with Crippen molar-refractivity contribution in [3.63, 3.8) is 0 Å². The largest absolute Gasteiger partial charge is 0.456 e. The third-order valence-corrected chi connectivity index (χ3v) is 4.01. The van der Waals surface area contributed by atoms with Crippen LogP contribution in [0.2, 0.25) is 0 Å².